The predicted molar refractivity (Wildman–Crippen MR) is 103 cm³/mol. The third-order valence-corrected chi connectivity index (χ3v) is 8.88. The third-order valence-electron chi connectivity index (χ3n) is 3.00. The molecule has 25 heavy (non-hydrogen) atoms. The average molecular weight is 418 g/mol. The number of thioether (sulfide) groups is 2. The molecule has 0 spiro atoms. The van der Waals surface area contributed by atoms with Crippen LogP contribution in [0.4, 0.5) is 0 Å². The van der Waals surface area contributed by atoms with E-state index in [1.54, 1.807) is 30.3 Å². The van der Waals surface area contributed by atoms with Crippen molar-refractivity contribution < 1.29 is 13.2 Å². The summed E-state index contributed by atoms with van der Waals surface area (Å²) in [5.74, 6) is 0.412. The number of hydrogen-bond donors (Lipinski definition) is 1. The molecule has 1 amide bonds. The molecule has 6 nitrogen and oxygen atoms in total. The third kappa shape index (κ3) is 6.61. The molecule has 2 aromatic rings. The number of aromatic nitrogens is 2. The van der Waals surface area contributed by atoms with Crippen LogP contribution in [-0.4, -0.2) is 41.8 Å². The Bertz CT molecular complexity index is 820. The molecule has 0 aliphatic rings. The zero-order valence-corrected chi connectivity index (χ0v) is 17.1. The molecule has 0 aliphatic carbocycles. The number of benzene rings is 1. The van der Waals surface area contributed by atoms with Crippen molar-refractivity contribution in [3.8, 4) is 0 Å². The summed E-state index contributed by atoms with van der Waals surface area (Å²) < 4.78 is 26.5. The van der Waals surface area contributed by atoms with E-state index in [2.05, 4.69) is 10.2 Å². The van der Waals surface area contributed by atoms with E-state index in [9.17, 15) is 13.2 Å². The van der Waals surface area contributed by atoms with Crippen molar-refractivity contribution in [3.05, 3.63) is 30.3 Å². The van der Waals surface area contributed by atoms with Gasteiger partial charge in [-0.2, -0.15) is 0 Å². The van der Waals surface area contributed by atoms with Crippen molar-refractivity contribution in [2.24, 2.45) is 11.1 Å². The van der Waals surface area contributed by atoms with E-state index in [4.69, 9.17) is 5.73 Å². The fraction of sp³-hybridized carbons (Fsp3) is 0.400. The van der Waals surface area contributed by atoms with Gasteiger partial charge in [-0.1, -0.05) is 66.9 Å². The van der Waals surface area contributed by atoms with Gasteiger partial charge in [0.15, 0.2) is 18.5 Å². The Hall–Kier alpha value is -1.10. The summed E-state index contributed by atoms with van der Waals surface area (Å²) >= 11 is 4.10. The van der Waals surface area contributed by atoms with Gasteiger partial charge in [0.25, 0.3) is 0 Å². The molecule has 0 radical (unpaired) electrons. The summed E-state index contributed by atoms with van der Waals surface area (Å²) in [5.41, 5.74) is 4.68. The number of nitrogens with zero attached hydrogens (tertiary/aromatic N) is 2. The number of carbonyl (C=O) groups is 1. The fourth-order valence-electron chi connectivity index (χ4n) is 1.97. The Balaban J connectivity index is 1.94. The van der Waals surface area contributed by atoms with Crippen molar-refractivity contribution in [1.82, 2.24) is 10.2 Å². The molecule has 2 rings (SSSR count). The SMILES string of the molecule is CC(C)(CSc1nnc(SCC(N)=O)s1)CS(=O)(=O)c1ccccc1. The Morgan fingerprint density at radius 3 is 2.36 bits per heavy atom. The van der Waals surface area contributed by atoms with Crippen LogP contribution in [0, 0.1) is 5.41 Å². The van der Waals surface area contributed by atoms with Crippen molar-refractivity contribution in [1.29, 1.82) is 0 Å². The lowest BCUT2D eigenvalue weighted by Crippen LogP contribution is -2.26. The zero-order valence-electron chi connectivity index (χ0n) is 13.8. The van der Waals surface area contributed by atoms with Crippen LogP contribution in [-0.2, 0) is 14.6 Å². The lowest BCUT2D eigenvalue weighted by molar-refractivity contribution is -0.115. The Morgan fingerprint density at radius 2 is 1.76 bits per heavy atom. The second kappa shape index (κ2) is 8.52. The summed E-state index contributed by atoms with van der Waals surface area (Å²) in [6, 6.07) is 8.47. The molecule has 1 aromatic heterocycles. The first-order valence-electron chi connectivity index (χ1n) is 7.33. The predicted octanol–water partition coefficient (Wildman–Crippen LogP) is 2.71. The molecule has 1 aromatic carbocycles. The van der Waals surface area contributed by atoms with Crippen LogP contribution < -0.4 is 5.73 Å². The lowest BCUT2D eigenvalue weighted by Gasteiger charge is -2.23. The molecule has 0 bridgehead atoms. The molecule has 1 heterocycles. The van der Waals surface area contributed by atoms with Gasteiger partial charge in [0.05, 0.1) is 16.4 Å². The van der Waals surface area contributed by atoms with E-state index >= 15 is 0 Å². The highest BCUT2D eigenvalue weighted by Crippen LogP contribution is 2.34. The highest BCUT2D eigenvalue weighted by molar-refractivity contribution is 8.03. The van der Waals surface area contributed by atoms with E-state index in [1.165, 1.54) is 34.9 Å². The maximum Gasteiger partial charge on any atom is 0.227 e. The topological polar surface area (TPSA) is 103 Å². The number of rotatable bonds is 9. The second-order valence-corrected chi connectivity index (χ2v) is 11.5. The molecule has 0 saturated heterocycles. The number of sulfone groups is 1. The van der Waals surface area contributed by atoms with Gasteiger partial charge >= 0.3 is 0 Å². The summed E-state index contributed by atoms with van der Waals surface area (Å²) in [5, 5.41) is 8.06. The quantitative estimate of drug-likeness (QED) is 0.626. The minimum atomic E-state index is -3.34. The normalized spacial score (nSPS) is 12.2. The molecule has 2 N–H and O–H groups in total. The molecule has 0 aliphatic heterocycles. The van der Waals surface area contributed by atoms with E-state index in [1.807, 2.05) is 13.8 Å². The Kier molecular flexibility index (Phi) is 6.89. The smallest absolute Gasteiger partial charge is 0.227 e. The van der Waals surface area contributed by atoms with E-state index in [-0.39, 0.29) is 11.5 Å². The van der Waals surface area contributed by atoms with Crippen molar-refractivity contribution in [2.45, 2.75) is 27.4 Å². The standard InChI is InChI=1S/C15H19N3O3S4/c1-15(2,10-25(20,21)11-6-4-3-5-7-11)9-23-14-18-17-13(24-14)22-8-12(16)19/h3-7H,8-10H2,1-2H3,(H2,16,19). The number of carbonyl (C=O) groups excluding carboxylic acids is 1. The van der Waals surface area contributed by atoms with Crippen molar-refractivity contribution in [2.75, 3.05) is 17.3 Å². The van der Waals surface area contributed by atoms with E-state index in [0.717, 1.165) is 4.34 Å². The Labute approximate surface area is 159 Å². The monoisotopic (exact) mass is 417 g/mol. The molecule has 0 unspecified atom stereocenters. The van der Waals surface area contributed by atoms with Crippen molar-refractivity contribution in [3.63, 3.8) is 0 Å². The van der Waals surface area contributed by atoms with E-state index < -0.39 is 21.2 Å². The highest BCUT2D eigenvalue weighted by atomic mass is 32.2. The molecule has 0 atom stereocenters. The average Bonchev–Trinajstić information content (AvgIpc) is 2.99. The molecule has 0 saturated carbocycles. The maximum absolute atomic E-state index is 12.5. The maximum atomic E-state index is 12.5. The molecular formula is C15H19N3O3S4. The van der Waals surface area contributed by atoms with Crippen LogP contribution >= 0.6 is 34.9 Å². The summed E-state index contributed by atoms with van der Waals surface area (Å²) in [6.45, 7) is 3.84. The van der Waals surface area contributed by atoms with Crippen LogP contribution in [0.3, 0.4) is 0 Å². The first-order chi connectivity index (χ1) is 11.7. The summed E-state index contributed by atoms with van der Waals surface area (Å²) in [4.78, 5) is 11.1. The zero-order chi connectivity index (χ0) is 18.5. The molecule has 136 valence electrons. The largest absolute Gasteiger partial charge is 0.369 e. The summed E-state index contributed by atoms with van der Waals surface area (Å²) in [6.07, 6.45) is 0. The summed E-state index contributed by atoms with van der Waals surface area (Å²) in [7, 11) is -3.34. The van der Waals surface area contributed by atoms with Gasteiger partial charge < -0.3 is 5.73 Å². The highest BCUT2D eigenvalue weighted by Gasteiger charge is 2.28. The minimum Gasteiger partial charge on any atom is -0.369 e. The fourth-order valence-corrected chi connectivity index (χ4v) is 6.82. The molecule has 0 fully saturated rings. The van der Waals surface area contributed by atoms with Crippen molar-refractivity contribution >= 4 is 50.6 Å². The van der Waals surface area contributed by atoms with Gasteiger partial charge in [-0.25, -0.2) is 8.42 Å². The van der Waals surface area contributed by atoms with Gasteiger partial charge in [-0.15, -0.1) is 10.2 Å². The van der Waals surface area contributed by atoms with Crippen LogP contribution in [0.5, 0.6) is 0 Å². The minimum absolute atomic E-state index is 0.0547. The number of amides is 1. The van der Waals surface area contributed by atoms with Crippen LogP contribution in [0.1, 0.15) is 13.8 Å². The van der Waals surface area contributed by atoms with Gasteiger partial charge in [0, 0.05) is 5.75 Å². The molecule has 10 heteroatoms. The molecular weight excluding hydrogens is 398 g/mol. The first-order valence-corrected chi connectivity index (χ1v) is 11.8. The second-order valence-electron chi connectivity index (χ2n) is 6.11. The first kappa shape index (κ1) is 20.2. The number of nitrogens with two attached hydrogens (primary N) is 1. The van der Waals surface area contributed by atoms with Gasteiger partial charge in [-0.3, -0.25) is 4.79 Å². The van der Waals surface area contributed by atoms with E-state index in [0.29, 0.717) is 15.0 Å². The van der Waals surface area contributed by atoms with Gasteiger partial charge in [0.2, 0.25) is 5.91 Å². The van der Waals surface area contributed by atoms with Gasteiger partial charge in [0.1, 0.15) is 0 Å². The van der Waals surface area contributed by atoms with Gasteiger partial charge in [-0.05, 0) is 17.5 Å². The number of primary amides is 1. The van der Waals surface area contributed by atoms with Crippen LogP contribution in [0.25, 0.3) is 0 Å². The number of hydrogen-bond acceptors (Lipinski definition) is 8. The van der Waals surface area contributed by atoms with Crippen LogP contribution in [0.15, 0.2) is 43.9 Å². The lowest BCUT2D eigenvalue weighted by atomic mass is 10.0. The Morgan fingerprint density at radius 1 is 1.16 bits per heavy atom. The van der Waals surface area contributed by atoms with Crippen LogP contribution in [0.2, 0.25) is 0 Å².